The Kier molecular flexibility index (Phi) is 4.82. The number of anilines is 1. The van der Waals surface area contributed by atoms with E-state index in [1.165, 1.54) is 0 Å². The molecule has 1 amide bonds. The molecule has 0 aliphatic carbocycles. The Labute approximate surface area is 122 Å². The van der Waals surface area contributed by atoms with Gasteiger partial charge < -0.3 is 5.73 Å². The molecule has 0 spiro atoms. The van der Waals surface area contributed by atoms with Crippen molar-refractivity contribution >= 4 is 23.1 Å². The van der Waals surface area contributed by atoms with Crippen molar-refractivity contribution in [1.82, 2.24) is 0 Å². The number of hydrogen-bond acceptors (Lipinski definition) is 4. The molecule has 0 aliphatic rings. The number of hydrazone groups is 1. The summed E-state index contributed by atoms with van der Waals surface area (Å²) in [6, 6.07) is 18.1. The van der Waals surface area contributed by atoms with Crippen LogP contribution >= 0.6 is 0 Å². The Bertz CT molecular complexity index is 652. The number of benzene rings is 2. The number of para-hydroxylation sites is 1. The average Bonchev–Trinajstić information content (AvgIpc) is 2.49. The Morgan fingerprint density at radius 2 is 1.52 bits per heavy atom. The number of Topliss-reactive ketones (excluding diaryl/α,β-unsaturated/α-hetero) is 1. The molecule has 0 heterocycles. The van der Waals surface area contributed by atoms with Gasteiger partial charge in [0.05, 0.1) is 5.69 Å². The number of amides is 1. The highest BCUT2D eigenvalue weighted by molar-refractivity contribution is 6.65. The molecule has 0 bridgehead atoms. The van der Waals surface area contributed by atoms with Crippen molar-refractivity contribution in [2.75, 3.05) is 5.43 Å². The second-order valence-electron chi connectivity index (χ2n) is 4.39. The lowest BCUT2D eigenvalue weighted by atomic mass is 10.1. The van der Waals surface area contributed by atoms with Gasteiger partial charge in [-0.15, -0.1) is 0 Å². The van der Waals surface area contributed by atoms with Gasteiger partial charge in [-0.05, 0) is 17.7 Å². The van der Waals surface area contributed by atoms with Crippen LogP contribution in [0.3, 0.4) is 0 Å². The molecule has 0 unspecified atom stereocenters. The standard InChI is InChI=1S/C16H15N3O2/c17-16(21)15(19-18-13-9-5-2-6-10-13)14(20)11-12-7-3-1-4-8-12/h1-10,18H,11H2,(H2,17,21). The van der Waals surface area contributed by atoms with Crippen LogP contribution in [0, 0.1) is 0 Å². The summed E-state index contributed by atoms with van der Waals surface area (Å²) in [6.45, 7) is 0. The van der Waals surface area contributed by atoms with Gasteiger partial charge in [0, 0.05) is 6.42 Å². The fraction of sp³-hybridized carbons (Fsp3) is 0.0625. The molecular formula is C16H15N3O2. The zero-order valence-electron chi connectivity index (χ0n) is 11.3. The number of hydrogen-bond donors (Lipinski definition) is 2. The van der Waals surface area contributed by atoms with Gasteiger partial charge in [0.1, 0.15) is 0 Å². The first kappa shape index (κ1) is 14.5. The van der Waals surface area contributed by atoms with Crippen LogP contribution in [0.1, 0.15) is 5.56 Å². The van der Waals surface area contributed by atoms with Crippen molar-refractivity contribution in [1.29, 1.82) is 0 Å². The van der Waals surface area contributed by atoms with Gasteiger partial charge >= 0.3 is 0 Å². The Balaban J connectivity index is 2.11. The molecule has 0 aliphatic heterocycles. The molecule has 21 heavy (non-hydrogen) atoms. The number of carbonyl (C=O) groups is 2. The lowest BCUT2D eigenvalue weighted by molar-refractivity contribution is -0.116. The van der Waals surface area contributed by atoms with Crippen molar-refractivity contribution in [3.8, 4) is 0 Å². The van der Waals surface area contributed by atoms with Gasteiger partial charge in [0.2, 0.25) is 0 Å². The smallest absolute Gasteiger partial charge is 0.272 e. The van der Waals surface area contributed by atoms with E-state index in [9.17, 15) is 9.59 Å². The predicted octanol–water partition coefficient (Wildman–Crippen LogP) is 1.75. The summed E-state index contributed by atoms with van der Waals surface area (Å²) in [5.41, 5.74) is 9.07. The molecule has 0 saturated carbocycles. The third-order valence-corrected chi connectivity index (χ3v) is 2.78. The van der Waals surface area contributed by atoms with Crippen LogP contribution in [0.5, 0.6) is 0 Å². The molecule has 0 radical (unpaired) electrons. The zero-order valence-corrected chi connectivity index (χ0v) is 11.3. The quantitative estimate of drug-likeness (QED) is 0.480. The van der Waals surface area contributed by atoms with E-state index in [-0.39, 0.29) is 12.1 Å². The van der Waals surface area contributed by atoms with Crippen LogP contribution in [0.15, 0.2) is 65.8 Å². The van der Waals surface area contributed by atoms with Crippen LogP contribution in [0.4, 0.5) is 5.69 Å². The van der Waals surface area contributed by atoms with Gasteiger partial charge in [-0.25, -0.2) is 0 Å². The summed E-state index contributed by atoms with van der Waals surface area (Å²) in [5, 5.41) is 3.83. The number of rotatable bonds is 6. The van der Waals surface area contributed by atoms with Gasteiger partial charge in [0.25, 0.3) is 5.91 Å². The van der Waals surface area contributed by atoms with Crippen molar-refractivity contribution < 1.29 is 9.59 Å². The topological polar surface area (TPSA) is 84.6 Å². The first-order valence-electron chi connectivity index (χ1n) is 6.42. The molecule has 5 heteroatoms. The largest absolute Gasteiger partial charge is 0.364 e. The molecule has 5 nitrogen and oxygen atoms in total. The maximum atomic E-state index is 12.1. The molecule has 0 atom stereocenters. The molecule has 106 valence electrons. The maximum Gasteiger partial charge on any atom is 0.272 e. The molecule has 2 rings (SSSR count). The monoisotopic (exact) mass is 281 g/mol. The first-order chi connectivity index (χ1) is 10.2. The minimum absolute atomic E-state index is 0.0824. The minimum Gasteiger partial charge on any atom is -0.364 e. The normalized spacial score (nSPS) is 11.0. The highest BCUT2D eigenvalue weighted by Crippen LogP contribution is 2.06. The van der Waals surface area contributed by atoms with Crippen molar-refractivity contribution in [2.45, 2.75) is 6.42 Å². The summed E-state index contributed by atoms with van der Waals surface area (Å²) in [4.78, 5) is 23.5. The van der Waals surface area contributed by atoms with Gasteiger partial charge in [-0.3, -0.25) is 15.0 Å². The van der Waals surface area contributed by atoms with Crippen LogP contribution in [-0.4, -0.2) is 17.4 Å². The van der Waals surface area contributed by atoms with E-state index in [0.717, 1.165) is 5.56 Å². The van der Waals surface area contributed by atoms with E-state index in [2.05, 4.69) is 10.5 Å². The molecule has 2 aromatic carbocycles. The number of nitrogens with one attached hydrogen (secondary N) is 1. The summed E-state index contributed by atoms with van der Waals surface area (Å²) in [5.74, 6) is -1.27. The Hall–Kier alpha value is -2.95. The van der Waals surface area contributed by atoms with Crippen LogP contribution in [0.2, 0.25) is 0 Å². The Morgan fingerprint density at radius 3 is 2.10 bits per heavy atom. The van der Waals surface area contributed by atoms with Gasteiger partial charge in [-0.2, -0.15) is 5.10 Å². The number of nitrogens with two attached hydrogens (primary N) is 1. The molecule has 0 aromatic heterocycles. The van der Waals surface area contributed by atoms with Crippen molar-refractivity contribution in [3.63, 3.8) is 0 Å². The van der Waals surface area contributed by atoms with Crippen molar-refractivity contribution in [3.05, 3.63) is 66.2 Å². The molecule has 2 aromatic rings. The van der Waals surface area contributed by atoms with Crippen LogP contribution in [0.25, 0.3) is 0 Å². The van der Waals surface area contributed by atoms with Crippen LogP contribution < -0.4 is 11.2 Å². The zero-order chi connectivity index (χ0) is 15.1. The summed E-state index contributed by atoms with van der Waals surface area (Å²) >= 11 is 0. The third-order valence-electron chi connectivity index (χ3n) is 2.78. The van der Waals surface area contributed by atoms with Crippen LogP contribution in [-0.2, 0) is 16.0 Å². The summed E-state index contributed by atoms with van der Waals surface area (Å²) < 4.78 is 0. The van der Waals surface area contributed by atoms with Crippen molar-refractivity contribution in [2.24, 2.45) is 10.8 Å². The second-order valence-corrected chi connectivity index (χ2v) is 4.39. The molecular weight excluding hydrogens is 266 g/mol. The van der Waals surface area contributed by atoms with E-state index in [1.807, 2.05) is 36.4 Å². The molecule has 3 N–H and O–H groups in total. The van der Waals surface area contributed by atoms with Gasteiger partial charge in [-0.1, -0.05) is 48.5 Å². The summed E-state index contributed by atoms with van der Waals surface area (Å²) in [7, 11) is 0. The highest BCUT2D eigenvalue weighted by atomic mass is 16.2. The van der Waals surface area contributed by atoms with E-state index in [0.29, 0.717) is 5.69 Å². The number of primary amides is 1. The Morgan fingerprint density at radius 1 is 0.952 bits per heavy atom. The van der Waals surface area contributed by atoms with Gasteiger partial charge in [0.15, 0.2) is 11.5 Å². The minimum atomic E-state index is -0.848. The summed E-state index contributed by atoms with van der Waals surface area (Å²) in [6.07, 6.45) is 0.0824. The lowest BCUT2D eigenvalue weighted by Gasteiger charge is -2.04. The molecule has 0 fully saturated rings. The van der Waals surface area contributed by atoms with E-state index < -0.39 is 11.7 Å². The highest BCUT2D eigenvalue weighted by Gasteiger charge is 2.18. The van der Waals surface area contributed by atoms with E-state index in [4.69, 9.17) is 5.73 Å². The number of carbonyl (C=O) groups excluding carboxylic acids is 2. The number of nitrogens with zero attached hydrogens (tertiary/aromatic N) is 1. The van der Waals surface area contributed by atoms with E-state index in [1.54, 1.807) is 24.3 Å². The fourth-order valence-electron chi connectivity index (χ4n) is 1.75. The average molecular weight is 281 g/mol. The van der Waals surface area contributed by atoms with E-state index >= 15 is 0 Å². The predicted molar refractivity (Wildman–Crippen MR) is 81.8 cm³/mol. The SMILES string of the molecule is NC(=O)C(=NNc1ccccc1)C(=O)Cc1ccccc1. The second kappa shape index (κ2) is 7.00. The fourth-order valence-corrected chi connectivity index (χ4v) is 1.75. The lowest BCUT2D eigenvalue weighted by Crippen LogP contribution is -2.32. The number of ketones is 1. The molecule has 0 saturated heterocycles. The first-order valence-corrected chi connectivity index (χ1v) is 6.42. The third kappa shape index (κ3) is 4.28. The maximum absolute atomic E-state index is 12.1.